The lowest BCUT2D eigenvalue weighted by molar-refractivity contribution is 0.486. The Morgan fingerprint density at radius 3 is 0.877 bits per heavy atom. The minimum atomic E-state index is -0.448. The number of fused-ring (bicyclic) bond motifs is 25. The molecule has 0 unspecified atom stereocenters. The summed E-state index contributed by atoms with van der Waals surface area (Å²) in [7, 11) is 0. The van der Waals surface area contributed by atoms with Crippen LogP contribution in [0.3, 0.4) is 0 Å². The number of rotatable bonds is 3. The summed E-state index contributed by atoms with van der Waals surface area (Å²) in [4.78, 5) is 5.59. The van der Waals surface area contributed by atoms with Gasteiger partial charge in [0.25, 0.3) is 6.71 Å². The Hall–Kier alpha value is -13.0. The van der Waals surface area contributed by atoms with Crippen LogP contribution in [0, 0.1) is 0 Å². The molecule has 7 heterocycles. The van der Waals surface area contributed by atoms with Crippen LogP contribution in [0.15, 0.2) is 291 Å². The molecule has 0 aliphatic carbocycles. The van der Waals surface area contributed by atoms with E-state index in [0.717, 1.165) is 152 Å². The second-order valence-electron chi connectivity index (χ2n) is 40.9. The van der Waals surface area contributed by atoms with Crippen LogP contribution < -0.4 is 35.7 Å². The molecule has 598 valence electrons. The molecular formula is C114H102BN5O2. The topological polar surface area (TPSA) is 39.7 Å². The van der Waals surface area contributed by atoms with Crippen LogP contribution in [-0.2, 0) is 32.5 Å². The molecule has 0 fully saturated rings. The van der Waals surface area contributed by atoms with Crippen molar-refractivity contribution >= 4 is 123 Å². The molecule has 0 N–H and O–H groups in total. The van der Waals surface area contributed by atoms with Gasteiger partial charge in [-0.1, -0.05) is 307 Å². The lowest BCUT2D eigenvalue weighted by Crippen LogP contribution is -2.62. The van der Waals surface area contributed by atoms with Crippen LogP contribution in [0.2, 0.25) is 0 Å². The highest BCUT2D eigenvalue weighted by Gasteiger charge is 2.50. The number of aromatic nitrogens is 3. The Morgan fingerprint density at radius 1 is 0.230 bits per heavy atom. The van der Waals surface area contributed by atoms with E-state index in [-0.39, 0.29) is 21.7 Å². The summed E-state index contributed by atoms with van der Waals surface area (Å²) in [6.07, 6.45) is 0. The molecule has 0 atom stereocenters. The van der Waals surface area contributed by atoms with Gasteiger partial charge in [-0.2, -0.15) is 0 Å². The van der Waals surface area contributed by atoms with E-state index in [9.17, 15) is 0 Å². The minimum absolute atomic E-state index is 0.125. The average Bonchev–Trinajstić information content (AvgIpc) is 0.790. The van der Waals surface area contributed by atoms with Crippen molar-refractivity contribution in [2.75, 3.05) is 9.80 Å². The SMILES string of the molecule is CC(C)(C)c1ccc2c(c1)c1cc(C(C)(C)C)ccc1n2-c1ccc2c3c1-c1ccccc1Oc1ccccc1-c1cccc(C(C)(C)C)c1N3c1cc(-n3c4ccccc4c4ccccc43)cc3c1B2c1ccc(-n2c4ccc(C(C)(C)C)cc4c4cc(C(C)(C)C)ccc42)c2c1N3c1c(cccc1C(C)(C)C)-c1ccccc1Oc1ccccc1-2. The maximum absolute atomic E-state index is 7.83. The van der Waals surface area contributed by atoms with Crippen molar-refractivity contribution < 1.29 is 9.47 Å². The summed E-state index contributed by atoms with van der Waals surface area (Å²) in [5, 5.41) is 7.25. The maximum atomic E-state index is 7.83. The van der Waals surface area contributed by atoms with Gasteiger partial charge >= 0.3 is 0 Å². The number of benzene rings is 15. The Kier molecular flexibility index (Phi) is 16.2. The lowest BCUT2D eigenvalue weighted by atomic mass is 9.33. The van der Waals surface area contributed by atoms with Crippen LogP contribution in [0.1, 0.15) is 158 Å². The first-order valence-corrected chi connectivity index (χ1v) is 43.7. The minimum Gasteiger partial charge on any atom is -0.456 e. The third kappa shape index (κ3) is 11.2. The van der Waals surface area contributed by atoms with Gasteiger partial charge in [0.2, 0.25) is 0 Å². The first kappa shape index (κ1) is 75.2. The van der Waals surface area contributed by atoms with Crippen molar-refractivity contribution in [1.82, 2.24) is 13.7 Å². The molecule has 22 rings (SSSR count). The first-order chi connectivity index (χ1) is 58.4. The van der Waals surface area contributed by atoms with Crippen molar-refractivity contribution in [3.63, 3.8) is 0 Å². The normalized spacial score (nSPS) is 13.7. The van der Waals surface area contributed by atoms with Crippen molar-refractivity contribution in [2.45, 2.75) is 157 Å². The van der Waals surface area contributed by atoms with Crippen LogP contribution in [-0.4, -0.2) is 20.4 Å². The van der Waals surface area contributed by atoms with E-state index < -0.39 is 17.5 Å². The molecule has 4 aliphatic rings. The molecule has 0 bridgehead atoms. The van der Waals surface area contributed by atoms with Crippen LogP contribution in [0.4, 0.5) is 34.1 Å². The predicted octanol–water partition coefficient (Wildman–Crippen LogP) is 29.7. The quantitative estimate of drug-likeness (QED) is 0.165. The van der Waals surface area contributed by atoms with E-state index in [2.05, 4.69) is 439 Å². The zero-order valence-electron chi connectivity index (χ0n) is 73.3. The molecule has 0 radical (unpaired) electrons. The zero-order chi connectivity index (χ0) is 84.1. The van der Waals surface area contributed by atoms with E-state index in [1.54, 1.807) is 0 Å². The highest BCUT2D eigenvalue weighted by molar-refractivity contribution is 7.00. The molecule has 8 heteroatoms. The molecule has 0 saturated heterocycles. The monoisotopic (exact) mass is 1580 g/mol. The first-order valence-electron chi connectivity index (χ1n) is 43.7. The van der Waals surface area contributed by atoms with Gasteiger partial charge in [-0.15, -0.1) is 0 Å². The highest BCUT2D eigenvalue weighted by Crippen LogP contribution is 2.61. The third-order valence-electron chi connectivity index (χ3n) is 26.9. The van der Waals surface area contributed by atoms with Gasteiger partial charge in [-0.3, -0.25) is 0 Å². The number of nitrogens with zero attached hydrogens (tertiary/aromatic N) is 5. The molecule has 18 aromatic rings. The van der Waals surface area contributed by atoms with Gasteiger partial charge in [0.15, 0.2) is 0 Å². The largest absolute Gasteiger partial charge is 0.456 e. The van der Waals surface area contributed by atoms with E-state index >= 15 is 0 Å². The summed E-state index contributed by atoms with van der Waals surface area (Å²) in [5.74, 6) is 3.07. The summed E-state index contributed by atoms with van der Waals surface area (Å²) >= 11 is 0. The fourth-order valence-corrected chi connectivity index (χ4v) is 20.8. The third-order valence-corrected chi connectivity index (χ3v) is 26.9. The van der Waals surface area contributed by atoms with Gasteiger partial charge in [0, 0.05) is 88.2 Å². The maximum Gasteiger partial charge on any atom is 0.252 e. The molecular weight excluding hydrogens is 1480 g/mol. The van der Waals surface area contributed by atoms with Crippen LogP contribution in [0.5, 0.6) is 23.0 Å². The Morgan fingerprint density at radius 2 is 0.533 bits per heavy atom. The predicted molar refractivity (Wildman–Crippen MR) is 518 cm³/mol. The molecule has 15 aromatic carbocycles. The average molecular weight is 1580 g/mol. The van der Waals surface area contributed by atoms with E-state index in [1.807, 2.05) is 0 Å². The smallest absolute Gasteiger partial charge is 0.252 e. The summed E-state index contributed by atoms with van der Waals surface area (Å²) in [6.45, 7) is 42.1. The lowest BCUT2D eigenvalue weighted by Gasteiger charge is -2.48. The molecule has 122 heavy (non-hydrogen) atoms. The molecule has 7 nitrogen and oxygen atoms in total. The highest BCUT2D eigenvalue weighted by atomic mass is 16.5. The number of hydrogen-bond donors (Lipinski definition) is 0. The number of ether oxygens (including phenoxy) is 2. The molecule has 0 saturated carbocycles. The van der Waals surface area contributed by atoms with Crippen molar-refractivity contribution in [2.24, 2.45) is 0 Å². The van der Waals surface area contributed by atoms with Crippen molar-refractivity contribution in [3.8, 4) is 84.6 Å². The van der Waals surface area contributed by atoms with Gasteiger partial charge < -0.3 is 33.0 Å². The second kappa shape index (κ2) is 26.2. The van der Waals surface area contributed by atoms with Gasteiger partial charge in [0.05, 0.1) is 72.9 Å². The Balaban J connectivity index is 1.00. The number of para-hydroxylation sites is 8. The number of hydrogen-bond acceptors (Lipinski definition) is 4. The zero-order valence-corrected chi connectivity index (χ0v) is 73.3. The number of anilines is 6. The summed E-state index contributed by atoms with van der Waals surface area (Å²) in [6, 6.07) is 112. The Labute approximate surface area is 717 Å². The van der Waals surface area contributed by atoms with Crippen molar-refractivity contribution in [3.05, 3.63) is 325 Å². The van der Waals surface area contributed by atoms with Crippen LogP contribution in [0.25, 0.3) is 127 Å². The molecule has 0 spiro atoms. The van der Waals surface area contributed by atoms with Crippen LogP contribution >= 0.6 is 0 Å². The molecule has 4 aliphatic heterocycles. The van der Waals surface area contributed by atoms with E-state index in [4.69, 9.17) is 9.47 Å². The second-order valence-corrected chi connectivity index (χ2v) is 40.9. The fraction of sp³-hybridized carbons (Fsp3) is 0.211. The van der Waals surface area contributed by atoms with Crippen molar-refractivity contribution in [1.29, 1.82) is 0 Å². The summed E-state index contributed by atoms with van der Waals surface area (Å²) in [5.41, 5.74) is 34.3. The van der Waals surface area contributed by atoms with E-state index in [1.165, 1.54) is 82.1 Å². The van der Waals surface area contributed by atoms with Gasteiger partial charge in [-0.25, -0.2) is 0 Å². The Bertz CT molecular complexity index is 6960. The van der Waals surface area contributed by atoms with Gasteiger partial charge in [0.1, 0.15) is 23.0 Å². The molecule has 3 aromatic heterocycles. The van der Waals surface area contributed by atoms with E-state index in [0.29, 0.717) is 0 Å². The van der Waals surface area contributed by atoms with Gasteiger partial charge in [-0.05, 0) is 191 Å². The fourth-order valence-electron chi connectivity index (χ4n) is 20.8. The standard InChI is InChI=1S/C114H102BN5O2/c1-109(2,3)67-49-55-90-80(61-67)81-62-68(110(4,5)6)50-56-91(81)117(90)94-59-53-86-107-102(94)78-37-23-29-47-100(78)121-98-45-27-21-35-74(98)76-39-31-41-84(113(13,14)15)105(76)119(107)96-65-71(116-88-43-25-19-33-72(88)73-34-20-26-44-89(73)116)66-97-104(96)115(86)87-54-60-95(118-92-57-51-69(111(7,8)9)63-82(92)83-64-70(112(10,11)12)52-58-93(83)118)103-79-38-24-30-48-101(79)122-99-46-28-22-36-75(99)77-40-32-42-85(114(16,17)18)106(77)120(97)108(87)103/h19-66H,1-18H3. The molecule has 0 amide bonds. The summed E-state index contributed by atoms with van der Waals surface area (Å²) < 4.78 is 23.5.